The summed E-state index contributed by atoms with van der Waals surface area (Å²) in [5.41, 5.74) is 15.9. The van der Waals surface area contributed by atoms with Gasteiger partial charge in [0.25, 0.3) is 0 Å². The quantitative estimate of drug-likeness (QED) is 0.193. The van der Waals surface area contributed by atoms with Crippen molar-refractivity contribution in [2.24, 2.45) is 22.2 Å². The Morgan fingerprint density at radius 2 is 1.86 bits per heavy atom. The molecule has 1 atom stereocenters. The molecule has 0 aliphatic rings. The van der Waals surface area contributed by atoms with E-state index in [1.807, 2.05) is 6.07 Å². The predicted molar refractivity (Wildman–Crippen MR) is 80.9 cm³/mol. The molecule has 0 radical (unpaired) electrons. The Kier molecular flexibility index (Phi) is 7.41. The van der Waals surface area contributed by atoms with Crippen molar-refractivity contribution in [3.8, 4) is 5.75 Å². The highest BCUT2D eigenvalue weighted by atomic mass is 16.6. The molecule has 0 heterocycles. The third-order valence-electron chi connectivity index (χ3n) is 2.58. The van der Waals surface area contributed by atoms with Crippen LogP contribution in [0, 0.1) is 0 Å². The second-order valence-electron chi connectivity index (χ2n) is 4.45. The van der Waals surface area contributed by atoms with Crippen molar-refractivity contribution >= 4 is 17.9 Å². The lowest BCUT2D eigenvalue weighted by Crippen LogP contribution is -2.35. The van der Waals surface area contributed by atoms with Crippen LogP contribution in [0.25, 0.3) is 0 Å². The Morgan fingerprint density at radius 3 is 2.50 bits per heavy atom. The van der Waals surface area contributed by atoms with Gasteiger partial charge in [-0.3, -0.25) is 4.99 Å². The van der Waals surface area contributed by atoms with Crippen LogP contribution in [-0.4, -0.2) is 37.1 Å². The third-order valence-corrected chi connectivity index (χ3v) is 2.58. The van der Waals surface area contributed by atoms with Gasteiger partial charge in [0.15, 0.2) is 12.6 Å². The molecule has 22 heavy (non-hydrogen) atoms. The Balaban J connectivity index is 2.25. The molecule has 1 aromatic carbocycles. The zero-order chi connectivity index (χ0) is 16.4. The van der Waals surface area contributed by atoms with E-state index in [9.17, 15) is 9.59 Å². The van der Waals surface area contributed by atoms with Crippen molar-refractivity contribution in [1.82, 2.24) is 0 Å². The first kappa shape index (κ1) is 17.4. The normalized spacial score (nSPS) is 11.3. The molecule has 0 spiro atoms. The van der Waals surface area contributed by atoms with E-state index in [0.29, 0.717) is 25.1 Å². The molecule has 0 saturated heterocycles. The summed E-state index contributed by atoms with van der Waals surface area (Å²) in [6.07, 6.45) is 0.811. The van der Waals surface area contributed by atoms with Crippen LogP contribution in [0.3, 0.4) is 0 Å². The molecular weight excluding hydrogens is 288 g/mol. The number of hydrogen-bond acceptors (Lipinski definition) is 6. The zero-order valence-electron chi connectivity index (χ0n) is 12.1. The second-order valence-corrected chi connectivity index (χ2v) is 4.45. The molecule has 0 bridgehead atoms. The van der Waals surface area contributed by atoms with Gasteiger partial charge < -0.3 is 26.7 Å². The van der Waals surface area contributed by atoms with E-state index in [-0.39, 0.29) is 12.6 Å². The molecule has 0 amide bonds. The van der Waals surface area contributed by atoms with Gasteiger partial charge in [-0.25, -0.2) is 9.59 Å². The summed E-state index contributed by atoms with van der Waals surface area (Å²) >= 11 is 0. The standard InChI is InChI=1S/C14H20N4O4/c15-11(7-4-8-18-14(16)17)13(20)22-12(19)9-21-10-5-2-1-3-6-10/h1-3,5-6,11H,4,7-9,15H2,(H4,16,17,18)/t11-/m0/s1. The number of ether oxygens (including phenoxy) is 2. The van der Waals surface area contributed by atoms with Gasteiger partial charge in [0.1, 0.15) is 11.8 Å². The molecule has 0 aliphatic heterocycles. The summed E-state index contributed by atoms with van der Waals surface area (Å²) in [5, 5.41) is 0. The topological polar surface area (TPSA) is 143 Å². The van der Waals surface area contributed by atoms with Gasteiger partial charge in [-0.05, 0) is 25.0 Å². The summed E-state index contributed by atoms with van der Waals surface area (Å²) in [6, 6.07) is 7.80. The molecule has 120 valence electrons. The van der Waals surface area contributed by atoms with Gasteiger partial charge in [0.2, 0.25) is 0 Å². The molecule has 1 aromatic rings. The highest BCUT2D eigenvalue weighted by Crippen LogP contribution is 2.08. The van der Waals surface area contributed by atoms with E-state index < -0.39 is 18.0 Å². The lowest BCUT2D eigenvalue weighted by atomic mass is 10.2. The third kappa shape index (κ3) is 7.25. The van der Waals surface area contributed by atoms with Crippen molar-refractivity contribution in [3.05, 3.63) is 30.3 Å². The number of guanidine groups is 1. The van der Waals surface area contributed by atoms with Crippen molar-refractivity contribution in [2.75, 3.05) is 13.2 Å². The number of benzene rings is 1. The molecule has 8 nitrogen and oxygen atoms in total. The molecule has 0 aliphatic carbocycles. The van der Waals surface area contributed by atoms with Gasteiger partial charge in [-0.15, -0.1) is 0 Å². The first-order valence-corrected chi connectivity index (χ1v) is 6.72. The number of carbonyl (C=O) groups excluding carboxylic acids is 2. The zero-order valence-corrected chi connectivity index (χ0v) is 12.1. The largest absolute Gasteiger partial charge is 0.482 e. The molecule has 0 saturated carbocycles. The molecule has 0 unspecified atom stereocenters. The molecule has 6 N–H and O–H groups in total. The van der Waals surface area contributed by atoms with Crippen molar-refractivity contribution in [2.45, 2.75) is 18.9 Å². The fourth-order valence-corrected chi connectivity index (χ4v) is 1.51. The maximum Gasteiger partial charge on any atom is 0.351 e. The average molecular weight is 308 g/mol. The first-order chi connectivity index (χ1) is 10.5. The lowest BCUT2D eigenvalue weighted by molar-refractivity contribution is -0.162. The Bertz CT molecular complexity index is 515. The number of nitrogens with two attached hydrogens (primary N) is 3. The maximum atomic E-state index is 11.6. The summed E-state index contributed by atoms with van der Waals surface area (Å²) in [4.78, 5) is 26.8. The van der Waals surface area contributed by atoms with E-state index in [4.69, 9.17) is 21.9 Å². The van der Waals surface area contributed by atoms with Crippen LogP contribution in [0.5, 0.6) is 5.75 Å². The molecule has 1 rings (SSSR count). The van der Waals surface area contributed by atoms with E-state index in [1.165, 1.54) is 0 Å². The smallest absolute Gasteiger partial charge is 0.351 e. The molecule has 0 aromatic heterocycles. The monoisotopic (exact) mass is 308 g/mol. The SMILES string of the molecule is NC(N)=NCCC[C@H](N)C(=O)OC(=O)COc1ccccc1. The van der Waals surface area contributed by atoms with Crippen LogP contribution in [0.1, 0.15) is 12.8 Å². The van der Waals surface area contributed by atoms with E-state index in [2.05, 4.69) is 9.73 Å². The minimum atomic E-state index is -0.908. The van der Waals surface area contributed by atoms with Crippen molar-refractivity contribution in [1.29, 1.82) is 0 Å². The highest BCUT2D eigenvalue weighted by molar-refractivity contribution is 5.88. The Morgan fingerprint density at radius 1 is 1.18 bits per heavy atom. The number of hydrogen-bond donors (Lipinski definition) is 3. The van der Waals surface area contributed by atoms with E-state index in [0.717, 1.165) is 0 Å². The number of para-hydroxylation sites is 1. The predicted octanol–water partition coefficient (Wildman–Crippen LogP) is -0.484. The second kappa shape index (κ2) is 9.35. The van der Waals surface area contributed by atoms with Gasteiger partial charge in [-0.1, -0.05) is 18.2 Å². The average Bonchev–Trinajstić information content (AvgIpc) is 2.50. The fraction of sp³-hybridized carbons (Fsp3) is 0.357. The van der Waals surface area contributed by atoms with Gasteiger partial charge >= 0.3 is 11.9 Å². The number of rotatable bonds is 8. The molecular formula is C14H20N4O4. The van der Waals surface area contributed by atoms with Crippen molar-refractivity contribution < 1.29 is 19.1 Å². The summed E-state index contributed by atoms with van der Waals surface area (Å²) < 4.78 is 9.76. The number of aliphatic imine (C=N–C) groups is 1. The molecule has 8 heteroatoms. The van der Waals surface area contributed by atoms with E-state index >= 15 is 0 Å². The van der Waals surface area contributed by atoms with Crippen LogP contribution < -0.4 is 21.9 Å². The first-order valence-electron chi connectivity index (χ1n) is 6.72. The fourth-order valence-electron chi connectivity index (χ4n) is 1.51. The van der Waals surface area contributed by atoms with Gasteiger partial charge in [-0.2, -0.15) is 0 Å². The minimum absolute atomic E-state index is 0.0237. The van der Waals surface area contributed by atoms with Gasteiger partial charge in [0.05, 0.1) is 0 Å². The number of esters is 2. The molecule has 0 fully saturated rings. The minimum Gasteiger partial charge on any atom is -0.482 e. The van der Waals surface area contributed by atoms with Crippen LogP contribution >= 0.6 is 0 Å². The Hall–Kier alpha value is -2.61. The van der Waals surface area contributed by atoms with Crippen LogP contribution in [0.4, 0.5) is 0 Å². The maximum absolute atomic E-state index is 11.6. The summed E-state index contributed by atoms with van der Waals surface area (Å²) in [7, 11) is 0. The summed E-state index contributed by atoms with van der Waals surface area (Å²) in [5.74, 6) is -1.11. The van der Waals surface area contributed by atoms with E-state index in [1.54, 1.807) is 24.3 Å². The number of carbonyl (C=O) groups is 2. The highest BCUT2D eigenvalue weighted by Gasteiger charge is 2.18. The van der Waals surface area contributed by atoms with Crippen molar-refractivity contribution in [3.63, 3.8) is 0 Å². The van der Waals surface area contributed by atoms with Gasteiger partial charge in [0, 0.05) is 6.54 Å². The van der Waals surface area contributed by atoms with Crippen LogP contribution in [0.2, 0.25) is 0 Å². The van der Waals surface area contributed by atoms with Crippen LogP contribution in [0.15, 0.2) is 35.3 Å². The summed E-state index contributed by atoms with van der Waals surface area (Å²) in [6.45, 7) is -0.00908. The number of nitrogens with zero attached hydrogens (tertiary/aromatic N) is 1. The lowest BCUT2D eigenvalue weighted by Gasteiger charge is -2.10. The van der Waals surface area contributed by atoms with Crippen LogP contribution in [-0.2, 0) is 14.3 Å². The Labute approximate surface area is 128 Å².